The van der Waals surface area contributed by atoms with Crippen molar-refractivity contribution in [2.75, 3.05) is 31.7 Å². The van der Waals surface area contributed by atoms with Gasteiger partial charge in [0.05, 0.1) is 0 Å². The zero-order valence-corrected chi connectivity index (χ0v) is 11.3. The summed E-state index contributed by atoms with van der Waals surface area (Å²) in [6.07, 6.45) is 4.14. The van der Waals surface area contributed by atoms with Gasteiger partial charge in [0.1, 0.15) is 5.82 Å². The molecule has 2 heterocycles. The molecule has 1 atom stereocenters. The highest BCUT2D eigenvalue weighted by atomic mass is 16.5. The van der Waals surface area contributed by atoms with Crippen LogP contribution in [0.1, 0.15) is 31.4 Å². The predicted molar refractivity (Wildman–Crippen MR) is 73.7 cm³/mol. The molecule has 1 aliphatic heterocycles. The quantitative estimate of drug-likeness (QED) is 0.886. The van der Waals surface area contributed by atoms with Crippen LogP contribution in [-0.2, 0) is 4.74 Å². The Hall–Kier alpha value is -1.13. The first-order valence-electron chi connectivity index (χ1n) is 6.67. The van der Waals surface area contributed by atoms with Crippen molar-refractivity contribution in [2.45, 2.75) is 25.8 Å². The van der Waals surface area contributed by atoms with Gasteiger partial charge in [-0.2, -0.15) is 0 Å². The molecule has 0 aliphatic carbocycles. The van der Waals surface area contributed by atoms with Gasteiger partial charge in [-0.05, 0) is 43.4 Å². The molecule has 1 fully saturated rings. The van der Waals surface area contributed by atoms with Gasteiger partial charge in [0.25, 0.3) is 0 Å². The lowest BCUT2D eigenvalue weighted by Crippen LogP contribution is -2.30. The average molecular weight is 249 g/mol. The summed E-state index contributed by atoms with van der Waals surface area (Å²) < 4.78 is 5.39. The molecule has 1 aromatic heterocycles. The maximum absolute atomic E-state index is 5.90. The minimum absolute atomic E-state index is 0.0585. The van der Waals surface area contributed by atoms with Gasteiger partial charge in [-0.1, -0.05) is 0 Å². The number of hydrogen-bond donors (Lipinski definition) is 1. The highest BCUT2D eigenvalue weighted by Gasteiger charge is 2.16. The van der Waals surface area contributed by atoms with Gasteiger partial charge >= 0.3 is 0 Å². The van der Waals surface area contributed by atoms with Crippen molar-refractivity contribution < 1.29 is 4.74 Å². The van der Waals surface area contributed by atoms with Crippen molar-refractivity contribution in [3.63, 3.8) is 0 Å². The van der Waals surface area contributed by atoms with E-state index in [4.69, 9.17) is 10.5 Å². The number of ether oxygens (including phenoxy) is 1. The van der Waals surface area contributed by atoms with E-state index in [2.05, 4.69) is 23.0 Å². The average Bonchev–Trinajstić information content (AvgIpc) is 2.40. The summed E-state index contributed by atoms with van der Waals surface area (Å²) in [6, 6.07) is 4.13. The molecule has 1 saturated heterocycles. The van der Waals surface area contributed by atoms with Gasteiger partial charge in [0, 0.05) is 39.0 Å². The van der Waals surface area contributed by atoms with Gasteiger partial charge in [-0.25, -0.2) is 4.98 Å². The van der Waals surface area contributed by atoms with Crippen molar-refractivity contribution in [3.8, 4) is 0 Å². The molecule has 2 rings (SSSR count). The largest absolute Gasteiger partial charge is 0.381 e. The lowest BCUT2D eigenvalue weighted by atomic mass is 10.00. The highest BCUT2D eigenvalue weighted by molar-refractivity contribution is 5.40. The topological polar surface area (TPSA) is 51.4 Å². The van der Waals surface area contributed by atoms with Crippen LogP contribution in [0.5, 0.6) is 0 Å². The minimum atomic E-state index is 0.0585. The van der Waals surface area contributed by atoms with E-state index in [0.29, 0.717) is 5.92 Å². The van der Waals surface area contributed by atoms with Gasteiger partial charge in [0.2, 0.25) is 0 Å². The molecule has 0 spiro atoms. The van der Waals surface area contributed by atoms with Crippen LogP contribution in [0.25, 0.3) is 0 Å². The maximum Gasteiger partial charge on any atom is 0.128 e. The molecule has 0 unspecified atom stereocenters. The molecule has 2 N–H and O–H groups in total. The van der Waals surface area contributed by atoms with Gasteiger partial charge < -0.3 is 15.4 Å². The van der Waals surface area contributed by atoms with E-state index in [1.807, 2.05) is 19.2 Å². The third-order valence-electron chi connectivity index (χ3n) is 3.56. The van der Waals surface area contributed by atoms with Crippen LogP contribution in [0, 0.1) is 5.92 Å². The molecule has 0 bridgehead atoms. The normalized spacial score (nSPS) is 18.6. The fourth-order valence-corrected chi connectivity index (χ4v) is 2.34. The lowest BCUT2D eigenvalue weighted by Gasteiger charge is -2.28. The first-order chi connectivity index (χ1) is 8.66. The lowest BCUT2D eigenvalue weighted by molar-refractivity contribution is 0.0685. The molecule has 18 heavy (non-hydrogen) atoms. The molecule has 1 aliphatic rings. The Balaban J connectivity index is 1.99. The fraction of sp³-hybridized carbons (Fsp3) is 0.643. The number of rotatable bonds is 4. The molecule has 4 nitrogen and oxygen atoms in total. The van der Waals surface area contributed by atoms with E-state index in [1.165, 1.54) is 0 Å². The molecule has 4 heteroatoms. The van der Waals surface area contributed by atoms with Crippen LogP contribution in [0.3, 0.4) is 0 Å². The number of aromatic nitrogens is 1. The second kappa shape index (κ2) is 6.16. The van der Waals surface area contributed by atoms with Crippen LogP contribution in [0.2, 0.25) is 0 Å². The summed E-state index contributed by atoms with van der Waals surface area (Å²) in [4.78, 5) is 6.65. The van der Waals surface area contributed by atoms with Gasteiger partial charge in [-0.15, -0.1) is 0 Å². The van der Waals surface area contributed by atoms with E-state index < -0.39 is 0 Å². The summed E-state index contributed by atoms with van der Waals surface area (Å²) in [5.74, 6) is 1.72. The minimum Gasteiger partial charge on any atom is -0.381 e. The van der Waals surface area contributed by atoms with E-state index in [-0.39, 0.29) is 6.04 Å². The monoisotopic (exact) mass is 249 g/mol. The van der Waals surface area contributed by atoms with Gasteiger partial charge in [0.15, 0.2) is 0 Å². The van der Waals surface area contributed by atoms with E-state index in [0.717, 1.165) is 44.0 Å². The summed E-state index contributed by atoms with van der Waals surface area (Å²) in [5.41, 5.74) is 7.04. The summed E-state index contributed by atoms with van der Waals surface area (Å²) in [5, 5.41) is 0. The summed E-state index contributed by atoms with van der Waals surface area (Å²) in [7, 11) is 2.10. The fourth-order valence-electron chi connectivity index (χ4n) is 2.34. The smallest absolute Gasteiger partial charge is 0.128 e. The standard InChI is InChI=1S/C14H23N3O/c1-11(15)13-3-6-16-14(9-13)17(2)10-12-4-7-18-8-5-12/h3,6,9,11-12H,4-5,7-8,10,15H2,1-2H3/t11-/m1/s1. The maximum atomic E-state index is 5.90. The third kappa shape index (κ3) is 3.43. The van der Waals surface area contributed by atoms with Crippen LogP contribution in [0.15, 0.2) is 18.3 Å². The van der Waals surface area contributed by atoms with Crippen molar-refractivity contribution in [1.82, 2.24) is 4.98 Å². The van der Waals surface area contributed by atoms with Crippen LogP contribution in [0.4, 0.5) is 5.82 Å². The Morgan fingerprint density at radius 1 is 1.50 bits per heavy atom. The van der Waals surface area contributed by atoms with Crippen LogP contribution in [-0.4, -0.2) is 31.8 Å². The molecule has 0 amide bonds. The molecule has 0 aromatic carbocycles. The Labute approximate surface area is 109 Å². The Kier molecular flexibility index (Phi) is 4.55. The summed E-state index contributed by atoms with van der Waals surface area (Å²) in [6.45, 7) is 4.83. The van der Waals surface area contributed by atoms with Gasteiger partial charge in [-0.3, -0.25) is 0 Å². The van der Waals surface area contributed by atoms with Crippen molar-refractivity contribution in [1.29, 1.82) is 0 Å². The van der Waals surface area contributed by atoms with Crippen molar-refractivity contribution in [3.05, 3.63) is 23.9 Å². The van der Waals surface area contributed by atoms with E-state index >= 15 is 0 Å². The molecular formula is C14H23N3O. The number of anilines is 1. The molecule has 100 valence electrons. The Bertz CT molecular complexity index is 375. The second-order valence-electron chi connectivity index (χ2n) is 5.17. The molecule has 0 radical (unpaired) electrons. The zero-order valence-electron chi connectivity index (χ0n) is 11.3. The first-order valence-corrected chi connectivity index (χ1v) is 6.67. The van der Waals surface area contributed by atoms with Crippen molar-refractivity contribution >= 4 is 5.82 Å². The summed E-state index contributed by atoms with van der Waals surface area (Å²) >= 11 is 0. The Morgan fingerprint density at radius 2 is 2.22 bits per heavy atom. The number of nitrogens with zero attached hydrogens (tertiary/aromatic N) is 2. The molecular weight excluding hydrogens is 226 g/mol. The molecule has 1 aromatic rings. The van der Waals surface area contributed by atoms with Crippen LogP contribution >= 0.6 is 0 Å². The van der Waals surface area contributed by atoms with Crippen molar-refractivity contribution in [2.24, 2.45) is 11.7 Å². The highest BCUT2D eigenvalue weighted by Crippen LogP contribution is 2.20. The van der Waals surface area contributed by atoms with Crippen LogP contribution < -0.4 is 10.6 Å². The number of nitrogens with two attached hydrogens (primary N) is 1. The third-order valence-corrected chi connectivity index (χ3v) is 3.56. The number of pyridine rings is 1. The predicted octanol–water partition coefficient (Wildman–Crippen LogP) is 1.96. The van der Waals surface area contributed by atoms with E-state index in [9.17, 15) is 0 Å². The van der Waals surface area contributed by atoms with E-state index in [1.54, 1.807) is 0 Å². The first kappa shape index (κ1) is 13.3. The molecule has 0 saturated carbocycles. The second-order valence-corrected chi connectivity index (χ2v) is 5.17. The Morgan fingerprint density at radius 3 is 2.89 bits per heavy atom. The number of hydrogen-bond acceptors (Lipinski definition) is 4. The SMILES string of the molecule is C[C@@H](N)c1ccnc(N(C)CC2CCOCC2)c1. The zero-order chi connectivity index (χ0) is 13.0.